The zero-order valence-corrected chi connectivity index (χ0v) is 19.0. The summed E-state index contributed by atoms with van der Waals surface area (Å²) in [7, 11) is 0. The largest absolute Gasteiger partial charge is 0.485 e. The number of aromatic nitrogens is 1. The van der Waals surface area contributed by atoms with Gasteiger partial charge in [-0.05, 0) is 44.5 Å². The highest BCUT2D eigenvalue weighted by Gasteiger charge is 2.21. The van der Waals surface area contributed by atoms with Gasteiger partial charge in [-0.3, -0.25) is 14.4 Å². The molecule has 31 heavy (non-hydrogen) atoms. The van der Waals surface area contributed by atoms with Crippen LogP contribution in [0.25, 0.3) is 10.9 Å². The van der Waals surface area contributed by atoms with Crippen molar-refractivity contribution < 1.29 is 19.1 Å². The van der Waals surface area contributed by atoms with Gasteiger partial charge >= 0.3 is 5.97 Å². The fourth-order valence-electron chi connectivity index (χ4n) is 3.27. The van der Waals surface area contributed by atoms with Gasteiger partial charge in [0.05, 0.1) is 5.52 Å². The highest BCUT2D eigenvalue weighted by Crippen LogP contribution is 2.34. The van der Waals surface area contributed by atoms with E-state index in [1.54, 1.807) is 22.8 Å². The van der Waals surface area contributed by atoms with E-state index in [-0.39, 0.29) is 24.0 Å². The first-order chi connectivity index (χ1) is 14.7. The van der Waals surface area contributed by atoms with Crippen LogP contribution in [0.1, 0.15) is 60.3 Å². The lowest BCUT2D eigenvalue weighted by Crippen LogP contribution is -2.25. The molecule has 1 aromatic heterocycles. The molecule has 0 saturated heterocycles. The normalized spacial score (nSPS) is 10.6. The van der Waals surface area contributed by atoms with Crippen molar-refractivity contribution in [2.75, 3.05) is 11.9 Å². The van der Waals surface area contributed by atoms with E-state index in [9.17, 15) is 14.4 Å². The van der Waals surface area contributed by atoms with Gasteiger partial charge in [-0.2, -0.15) is 0 Å². The van der Waals surface area contributed by atoms with Crippen LogP contribution in [-0.2, 0) is 16.1 Å². The van der Waals surface area contributed by atoms with Crippen LogP contribution in [0, 0.1) is 0 Å². The maximum Gasteiger partial charge on any atom is 0.308 e. The zero-order valence-electron chi connectivity index (χ0n) is 19.0. The molecular weight excluding hydrogens is 396 g/mol. The van der Waals surface area contributed by atoms with Crippen LogP contribution in [0.15, 0.2) is 34.6 Å². The highest BCUT2D eigenvalue weighted by atomic mass is 16.6. The van der Waals surface area contributed by atoms with Gasteiger partial charge < -0.3 is 19.4 Å². The van der Waals surface area contributed by atoms with Gasteiger partial charge in [0.15, 0.2) is 5.75 Å². The Bertz CT molecular complexity index is 1030. The molecule has 2 aromatic rings. The molecule has 7 nitrogen and oxygen atoms in total. The molecule has 168 valence electrons. The maximum absolute atomic E-state index is 13.3. The fourth-order valence-corrected chi connectivity index (χ4v) is 3.27. The van der Waals surface area contributed by atoms with Crippen LogP contribution in [-0.4, -0.2) is 23.1 Å². The Morgan fingerprint density at radius 2 is 1.81 bits per heavy atom. The van der Waals surface area contributed by atoms with Crippen molar-refractivity contribution >= 4 is 28.5 Å². The first-order valence-corrected chi connectivity index (χ1v) is 10.7. The van der Waals surface area contributed by atoms with Gasteiger partial charge in [0, 0.05) is 31.5 Å². The predicted molar refractivity (Wildman–Crippen MR) is 123 cm³/mol. The van der Waals surface area contributed by atoms with Gasteiger partial charge in [0.2, 0.25) is 11.7 Å². The lowest BCUT2D eigenvalue weighted by molar-refractivity contribution is -0.132. The van der Waals surface area contributed by atoms with Crippen molar-refractivity contribution in [2.24, 2.45) is 0 Å². The molecule has 1 N–H and O–H groups in total. The standard InChI is InChI=1S/C24H32N2O5/c1-6-7-8-9-13-26-21-15-19(25-17(4)27)10-11-20(21)22(30-14-12-16(2)3)23(24(26)29)31-18(5)28/h10-12,15H,6-9,13-14H2,1-5H3,(H,25,27). The Balaban J connectivity index is 2.69. The quantitative estimate of drug-likeness (QED) is 0.333. The van der Waals surface area contributed by atoms with E-state index in [1.165, 1.54) is 13.8 Å². The average Bonchev–Trinajstić information content (AvgIpc) is 2.68. The summed E-state index contributed by atoms with van der Waals surface area (Å²) in [5, 5.41) is 3.40. The monoisotopic (exact) mass is 428 g/mol. The van der Waals surface area contributed by atoms with Crippen molar-refractivity contribution in [1.29, 1.82) is 0 Å². The molecule has 0 atom stereocenters. The number of ether oxygens (including phenoxy) is 2. The summed E-state index contributed by atoms with van der Waals surface area (Å²) in [6.45, 7) is 9.42. The Morgan fingerprint density at radius 1 is 1.06 bits per heavy atom. The van der Waals surface area contributed by atoms with Crippen molar-refractivity contribution in [3.63, 3.8) is 0 Å². The van der Waals surface area contributed by atoms with Gasteiger partial charge in [0.25, 0.3) is 5.56 Å². The van der Waals surface area contributed by atoms with Gasteiger partial charge in [-0.25, -0.2) is 0 Å². The molecule has 1 aromatic carbocycles. The van der Waals surface area contributed by atoms with E-state index >= 15 is 0 Å². The Morgan fingerprint density at radius 3 is 2.42 bits per heavy atom. The lowest BCUT2D eigenvalue weighted by Gasteiger charge is -2.18. The summed E-state index contributed by atoms with van der Waals surface area (Å²) < 4.78 is 12.8. The van der Waals surface area contributed by atoms with Crippen LogP contribution in [0.2, 0.25) is 0 Å². The molecular formula is C24H32N2O5. The summed E-state index contributed by atoms with van der Waals surface area (Å²) in [6.07, 6.45) is 5.83. The number of hydrogen-bond donors (Lipinski definition) is 1. The number of carbonyl (C=O) groups excluding carboxylic acids is 2. The number of nitrogens with one attached hydrogen (secondary N) is 1. The molecule has 0 saturated carbocycles. The van der Waals surface area contributed by atoms with E-state index in [0.29, 0.717) is 23.1 Å². The molecule has 1 amide bonds. The van der Waals surface area contributed by atoms with Gasteiger partial charge in [-0.15, -0.1) is 0 Å². The molecule has 0 bridgehead atoms. The molecule has 0 aliphatic rings. The smallest absolute Gasteiger partial charge is 0.308 e. The Kier molecular flexibility index (Phi) is 8.85. The second-order valence-electron chi connectivity index (χ2n) is 7.77. The second kappa shape index (κ2) is 11.3. The minimum atomic E-state index is -0.587. The average molecular weight is 429 g/mol. The van der Waals surface area contributed by atoms with Crippen molar-refractivity contribution in [1.82, 2.24) is 4.57 Å². The number of benzene rings is 1. The number of rotatable bonds is 10. The van der Waals surface area contributed by atoms with E-state index < -0.39 is 11.5 Å². The SMILES string of the molecule is CCCCCCn1c(=O)c(OC(C)=O)c(OCC=C(C)C)c2ccc(NC(C)=O)cc21. The topological polar surface area (TPSA) is 86.6 Å². The molecule has 0 aliphatic heterocycles. The van der Waals surface area contributed by atoms with Crippen LogP contribution in [0.4, 0.5) is 5.69 Å². The number of amides is 1. The summed E-state index contributed by atoms with van der Waals surface area (Å²) in [6, 6.07) is 5.26. The molecule has 0 spiro atoms. The number of unbranched alkanes of at least 4 members (excludes halogenated alkanes) is 3. The highest BCUT2D eigenvalue weighted by molar-refractivity contribution is 5.95. The van der Waals surface area contributed by atoms with Crippen LogP contribution in [0.3, 0.4) is 0 Å². The lowest BCUT2D eigenvalue weighted by atomic mass is 10.1. The molecule has 0 fully saturated rings. The second-order valence-corrected chi connectivity index (χ2v) is 7.77. The molecule has 0 unspecified atom stereocenters. The number of anilines is 1. The number of fused-ring (bicyclic) bond motifs is 1. The molecule has 0 aliphatic carbocycles. The Hall–Kier alpha value is -3.09. The minimum absolute atomic E-state index is 0.107. The summed E-state index contributed by atoms with van der Waals surface area (Å²) >= 11 is 0. The number of hydrogen-bond acceptors (Lipinski definition) is 5. The number of carbonyl (C=O) groups is 2. The number of esters is 1. The predicted octanol–water partition coefficient (Wildman–Crippen LogP) is 4.81. The molecule has 2 rings (SSSR count). The van der Waals surface area contributed by atoms with E-state index in [4.69, 9.17) is 9.47 Å². The molecule has 0 radical (unpaired) electrons. The van der Waals surface area contributed by atoms with E-state index in [0.717, 1.165) is 31.3 Å². The fraction of sp³-hybridized carbons (Fsp3) is 0.458. The Labute approximate surface area is 183 Å². The third-order valence-corrected chi connectivity index (χ3v) is 4.70. The van der Waals surface area contributed by atoms with Crippen LogP contribution < -0.4 is 20.3 Å². The number of aryl methyl sites for hydroxylation is 1. The third-order valence-electron chi connectivity index (χ3n) is 4.70. The van der Waals surface area contributed by atoms with Crippen molar-refractivity contribution in [3.8, 4) is 11.5 Å². The number of allylic oxidation sites excluding steroid dienone is 1. The van der Waals surface area contributed by atoms with Crippen LogP contribution >= 0.6 is 0 Å². The molecule has 1 heterocycles. The van der Waals surface area contributed by atoms with Gasteiger partial charge in [-0.1, -0.05) is 31.8 Å². The van der Waals surface area contributed by atoms with E-state index in [1.807, 2.05) is 19.9 Å². The maximum atomic E-state index is 13.3. The van der Waals surface area contributed by atoms with Crippen LogP contribution in [0.5, 0.6) is 11.5 Å². The molecule has 7 heteroatoms. The first-order valence-electron chi connectivity index (χ1n) is 10.7. The van der Waals surface area contributed by atoms with Crippen molar-refractivity contribution in [2.45, 2.75) is 66.8 Å². The van der Waals surface area contributed by atoms with Crippen molar-refractivity contribution in [3.05, 3.63) is 40.2 Å². The zero-order chi connectivity index (χ0) is 23.0. The van der Waals surface area contributed by atoms with E-state index in [2.05, 4.69) is 12.2 Å². The summed E-state index contributed by atoms with van der Waals surface area (Å²) in [5.74, 6) is -0.666. The number of pyridine rings is 1. The number of nitrogens with zero attached hydrogens (tertiary/aromatic N) is 1. The van der Waals surface area contributed by atoms with Gasteiger partial charge in [0.1, 0.15) is 6.61 Å². The third kappa shape index (κ3) is 6.70. The summed E-state index contributed by atoms with van der Waals surface area (Å²) in [5.41, 5.74) is 1.84. The first kappa shape index (κ1) is 24.2. The minimum Gasteiger partial charge on any atom is -0.485 e. The summed E-state index contributed by atoms with van der Waals surface area (Å²) in [4.78, 5) is 36.6.